The van der Waals surface area contributed by atoms with Gasteiger partial charge >= 0.3 is 5.97 Å². The van der Waals surface area contributed by atoms with Gasteiger partial charge in [-0.25, -0.2) is 13.2 Å². The minimum absolute atomic E-state index is 0.0566. The van der Waals surface area contributed by atoms with Gasteiger partial charge in [0.25, 0.3) is 0 Å². The zero-order valence-corrected chi connectivity index (χ0v) is 14.8. The standard InChI is InChI=1S/C17H21N3O4S/c1-2-20-11-15(9-18-20)16-12-25(23,24)7-6-19(16)10-13-4-3-5-14(8-13)17(21)22/h3-5,8-9,11,16H,2,6-7,10,12H2,1H3,(H,21,22). The average Bonchev–Trinajstić information content (AvgIpc) is 3.05. The molecule has 0 saturated carbocycles. The Morgan fingerprint density at radius 2 is 2.20 bits per heavy atom. The van der Waals surface area contributed by atoms with Gasteiger partial charge < -0.3 is 5.11 Å². The molecular weight excluding hydrogens is 342 g/mol. The van der Waals surface area contributed by atoms with Crippen molar-refractivity contribution in [1.29, 1.82) is 0 Å². The lowest BCUT2D eigenvalue weighted by Crippen LogP contribution is -2.42. The quantitative estimate of drug-likeness (QED) is 0.867. The topological polar surface area (TPSA) is 92.5 Å². The van der Waals surface area contributed by atoms with Crippen LogP contribution in [0.4, 0.5) is 0 Å². The number of hydrogen-bond donors (Lipinski definition) is 1. The van der Waals surface area contributed by atoms with Crippen LogP contribution in [0.5, 0.6) is 0 Å². The third-order valence-corrected chi connectivity index (χ3v) is 6.09. The normalized spacial score (nSPS) is 20.4. The van der Waals surface area contributed by atoms with Crippen LogP contribution in [0, 0.1) is 0 Å². The summed E-state index contributed by atoms with van der Waals surface area (Å²) in [7, 11) is -3.10. The van der Waals surface area contributed by atoms with Crippen LogP contribution in [-0.4, -0.2) is 52.2 Å². The Labute approximate surface area is 146 Å². The monoisotopic (exact) mass is 363 g/mol. The number of hydrogen-bond acceptors (Lipinski definition) is 5. The number of carboxylic acid groups (broad SMARTS) is 1. The summed E-state index contributed by atoms with van der Waals surface area (Å²) in [6.45, 7) is 3.61. The van der Waals surface area contributed by atoms with E-state index in [1.54, 1.807) is 29.1 Å². The second-order valence-corrected chi connectivity index (χ2v) is 8.46. The predicted molar refractivity (Wildman–Crippen MR) is 93.1 cm³/mol. The highest BCUT2D eigenvalue weighted by Crippen LogP contribution is 2.28. The molecule has 0 bridgehead atoms. The van der Waals surface area contributed by atoms with E-state index >= 15 is 0 Å². The molecule has 1 aromatic heterocycles. The fraction of sp³-hybridized carbons (Fsp3) is 0.412. The average molecular weight is 363 g/mol. The fourth-order valence-corrected chi connectivity index (χ4v) is 4.66. The number of carbonyl (C=O) groups is 1. The first-order valence-electron chi connectivity index (χ1n) is 8.17. The molecule has 2 heterocycles. The maximum absolute atomic E-state index is 12.1. The number of nitrogens with zero attached hydrogens (tertiary/aromatic N) is 3. The summed E-state index contributed by atoms with van der Waals surface area (Å²) in [6.07, 6.45) is 3.60. The van der Waals surface area contributed by atoms with Gasteiger partial charge in [-0.1, -0.05) is 12.1 Å². The lowest BCUT2D eigenvalue weighted by atomic mass is 10.1. The molecule has 1 aliphatic heterocycles. The van der Waals surface area contributed by atoms with E-state index in [0.717, 1.165) is 17.7 Å². The van der Waals surface area contributed by atoms with Crippen molar-refractivity contribution in [3.8, 4) is 0 Å². The molecule has 0 radical (unpaired) electrons. The van der Waals surface area contributed by atoms with Gasteiger partial charge in [0.05, 0.1) is 29.3 Å². The van der Waals surface area contributed by atoms with E-state index < -0.39 is 15.8 Å². The molecular formula is C17H21N3O4S. The highest BCUT2D eigenvalue weighted by molar-refractivity contribution is 7.91. The van der Waals surface area contributed by atoms with Crippen LogP contribution >= 0.6 is 0 Å². The third kappa shape index (κ3) is 4.08. The number of aromatic nitrogens is 2. The first-order chi connectivity index (χ1) is 11.9. The van der Waals surface area contributed by atoms with Crippen molar-refractivity contribution in [3.63, 3.8) is 0 Å². The summed E-state index contributed by atoms with van der Waals surface area (Å²) in [5.41, 5.74) is 1.96. The Morgan fingerprint density at radius 1 is 1.40 bits per heavy atom. The van der Waals surface area contributed by atoms with Gasteiger partial charge in [-0.15, -0.1) is 0 Å². The second kappa shape index (κ2) is 6.97. The Hall–Kier alpha value is -2.19. The van der Waals surface area contributed by atoms with Crippen molar-refractivity contribution in [1.82, 2.24) is 14.7 Å². The van der Waals surface area contributed by atoms with Gasteiger partial charge in [0.1, 0.15) is 0 Å². The Kier molecular flexibility index (Phi) is 4.91. The number of aromatic carboxylic acids is 1. The van der Waals surface area contributed by atoms with Crippen LogP contribution in [0.3, 0.4) is 0 Å². The minimum Gasteiger partial charge on any atom is -0.478 e. The Bertz CT molecular complexity index is 876. The molecule has 7 nitrogen and oxygen atoms in total. The van der Waals surface area contributed by atoms with Crippen molar-refractivity contribution >= 4 is 15.8 Å². The van der Waals surface area contributed by atoms with Crippen LogP contribution in [0.15, 0.2) is 36.7 Å². The lowest BCUT2D eigenvalue weighted by molar-refractivity contribution is 0.0696. The molecule has 1 fully saturated rings. The SMILES string of the molecule is CCn1cc(C2CS(=O)(=O)CCN2Cc2cccc(C(=O)O)c2)cn1. The molecule has 2 aromatic rings. The first kappa shape index (κ1) is 17.6. The van der Waals surface area contributed by atoms with Crippen LogP contribution in [0.1, 0.15) is 34.5 Å². The van der Waals surface area contributed by atoms with Gasteiger partial charge in [-0.05, 0) is 24.6 Å². The van der Waals surface area contributed by atoms with Crippen LogP contribution in [0.2, 0.25) is 0 Å². The molecule has 1 N–H and O–H groups in total. The Balaban J connectivity index is 1.87. The molecule has 1 atom stereocenters. The van der Waals surface area contributed by atoms with Gasteiger partial charge in [-0.2, -0.15) is 5.10 Å². The smallest absolute Gasteiger partial charge is 0.335 e. The highest BCUT2D eigenvalue weighted by Gasteiger charge is 2.33. The van der Waals surface area contributed by atoms with Crippen molar-refractivity contribution in [2.45, 2.75) is 26.1 Å². The molecule has 25 heavy (non-hydrogen) atoms. The molecule has 1 unspecified atom stereocenters. The summed E-state index contributed by atoms with van der Waals surface area (Å²) in [5, 5.41) is 13.4. The van der Waals surface area contributed by atoms with E-state index in [-0.39, 0.29) is 23.1 Å². The molecule has 0 amide bonds. The molecule has 1 saturated heterocycles. The van der Waals surface area contributed by atoms with Crippen molar-refractivity contribution in [2.24, 2.45) is 0 Å². The van der Waals surface area contributed by atoms with E-state index in [4.69, 9.17) is 5.11 Å². The molecule has 1 aliphatic rings. The molecule has 0 spiro atoms. The van der Waals surface area contributed by atoms with Gasteiger partial charge in [-0.3, -0.25) is 9.58 Å². The molecule has 8 heteroatoms. The summed E-state index contributed by atoms with van der Waals surface area (Å²) >= 11 is 0. The Morgan fingerprint density at radius 3 is 2.88 bits per heavy atom. The van der Waals surface area contributed by atoms with E-state index in [9.17, 15) is 13.2 Å². The lowest BCUT2D eigenvalue weighted by Gasteiger charge is -2.35. The minimum atomic E-state index is -3.10. The third-order valence-electron chi connectivity index (χ3n) is 4.46. The van der Waals surface area contributed by atoms with Crippen LogP contribution < -0.4 is 0 Å². The maximum atomic E-state index is 12.1. The number of benzene rings is 1. The number of rotatable bonds is 5. The molecule has 134 valence electrons. The number of aryl methyl sites for hydroxylation is 1. The summed E-state index contributed by atoms with van der Waals surface area (Å²) in [4.78, 5) is 13.2. The molecule has 0 aliphatic carbocycles. The fourth-order valence-electron chi connectivity index (χ4n) is 3.10. The summed E-state index contributed by atoms with van der Waals surface area (Å²) in [6, 6.07) is 6.49. The van der Waals surface area contributed by atoms with Crippen molar-refractivity contribution in [3.05, 3.63) is 53.3 Å². The maximum Gasteiger partial charge on any atom is 0.335 e. The largest absolute Gasteiger partial charge is 0.478 e. The van der Waals surface area contributed by atoms with E-state index in [1.807, 2.05) is 19.2 Å². The predicted octanol–water partition coefficient (Wildman–Crippen LogP) is 1.57. The zero-order valence-electron chi connectivity index (χ0n) is 14.0. The summed E-state index contributed by atoms with van der Waals surface area (Å²) < 4.78 is 26.0. The summed E-state index contributed by atoms with van der Waals surface area (Å²) in [5.74, 6) is -0.797. The van der Waals surface area contributed by atoms with E-state index in [2.05, 4.69) is 10.00 Å². The van der Waals surface area contributed by atoms with Gasteiger partial charge in [0.15, 0.2) is 9.84 Å². The first-order valence-corrected chi connectivity index (χ1v) is 9.99. The van der Waals surface area contributed by atoms with Crippen LogP contribution in [0.25, 0.3) is 0 Å². The second-order valence-electron chi connectivity index (χ2n) is 6.24. The van der Waals surface area contributed by atoms with Gasteiger partial charge in [0.2, 0.25) is 0 Å². The van der Waals surface area contributed by atoms with Gasteiger partial charge in [0, 0.05) is 31.4 Å². The highest BCUT2D eigenvalue weighted by atomic mass is 32.2. The van der Waals surface area contributed by atoms with Crippen molar-refractivity contribution < 1.29 is 18.3 Å². The molecule has 3 rings (SSSR count). The van der Waals surface area contributed by atoms with E-state index in [1.165, 1.54) is 0 Å². The van der Waals surface area contributed by atoms with Crippen LogP contribution in [-0.2, 0) is 22.9 Å². The van der Waals surface area contributed by atoms with E-state index in [0.29, 0.717) is 13.1 Å². The number of carboxylic acids is 1. The van der Waals surface area contributed by atoms with Crippen molar-refractivity contribution in [2.75, 3.05) is 18.1 Å². The zero-order chi connectivity index (χ0) is 18.0. The molecule has 1 aromatic carbocycles. The number of sulfone groups is 1.